The van der Waals surface area contributed by atoms with E-state index < -0.39 is 0 Å². The average molecular weight is 248 g/mol. The van der Waals surface area contributed by atoms with Crippen LogP contribution in [0.1, 0.15) is 45.4 Å². The van der Waals surface area contributed by atoms with Crippen molar-refractivity contribution in [1.29, 1.82) is 0 Å². The average Bonchev–Trinajstić information content (AvgIpc) is 2.32. The molecule has 2 aliphatic rings. The molecule has 2 rings (SSSR count). The van der Waals surface area contributed by atoms with Gasteiger partial charge in [0.25, 0.3) is 0 Å². The Labute approximate surface area is 103 Å². The van der Waals surface area contributed by atoms with Gasteiger partial charge < -0.3 is 10.6 Å². The second-order valence-corrected chi connectivity index (χ2v) is 5.81. The van der Waals surface area contributed by atoms with E-state index in [4.69, 9.17) is 0 Å². The third-order valence-electron chi connectivity index (χ3n) is 2.95. The normalized spacial score (nSPS) is 31.6. The summed E-state index contributed by atoms with van der Waals surface area (Å²) < 4.78 is 0. The van der Waals surface area contributed by atoms with Crippen molar-refractivity contribution >= 4 is 22.5 Å². The Morgan fingerprint density at radius 3 is 1.93 bits per heavy atom. The van der Waals surface area contributed by atoms with E-state index in [0.29, 0.717) is 5.37 Å². The van der Waals surface area contributed by atoms with Crippen LogP contribution in [0.15, 0.2) is 0 Å². The smallest absolute Gasteiger partial charge is 0.0634 e. The molecule has 2 nitrogen and oxygen atoms in total. The molecule has 2 unspecified atom stereocenters. The Kier molecular flexibility index (Phi) is 7.97. The van der Waals surface area contributed by atoms with Crippen molar-refractivity contribution in [3.05, 3.63) is 0 Å². The number of piperidine rings is 2. The van der Waals surface area contributed by atoms with Crippen molar-refractivity contribution in [1.82, 2.24) is 10.6 Å². The molecule has 0 aromatic heterocycles. The molecule has 2 aliphatic heterocycles. The molecule has 0 aromatic carbocycles. The second kappa shape index (κ2) is 8.74. The molecule has 0 bridgehead atoms. The van der Waals surface area contributed by atoms with E-state index >= 15 is 0 Å². The Bertz CT molecular complexity index is 144. The zero-order valence-electron chi connectivity index (χ0n) is 9.67. The first-order valence-corrected chi connectivity index (χ1v) is 8.03. The molecular formula is C11H24N2S2. The van der Waals surface area contributed by atoms with Crippen molar-refractivity contribution in [3.8, 4) is 0 Å². The summed E-state index contributed by atoms with van der Waals surface area (Å²) >= 11 is 4.12. The summed E-state index contributed by atoms with van der Waals surface area (Å²) in [5.74, 6) is 0. The van der Waals surface area contributed by atoms with Gasteiger partial charge in [-0.25, -0.2) is 0 Å². The lowest BCUT2D eigenvalue weighted by Crippen LogP contribution is -2.30. The number of hydrogen-bond acceptors (Lipinski definition) is 4. The molecule has 2 fully saturated rings. The SMILES string of the molecule is CC1CCCCN1.SSC1CCCCN1. The predicted molar refractivity (Wildman–Crippen MR) is 73.5 cm³/mol. The molecule has 0 radical (unpaired) electrons. The third kappa shape index (κ3) is 6.72. The Balaban J connectivity index is 0.000000151. The van der Waals surface area contributed by atoms with Crippen molar-refractivity contribution in [2.24, 2.45) is 0 Å². The van der Waals surface area contributed by atoms with Gasteiger partial charge in [0.1, 0.15) is 0 Å². The number of nitrogens with one attached hydrogen (secondary N) is 2. The van der Waals surface area contributed by atoms with E-state index in [1.807, 2.05) is 0 Å². The van der Waals surface area contributed by atoms with Crippen molar-refractivity contribution < 1.29 is 0 Å². The van der Waals surface area contributed by atoms with Crippen LogP contribution in [0.4, 0.5) is 0 Å². The van der Waals surface area contributed by atoms with E-state index in [0.717, 1.165) is 6.04 Å². The minimum absolute atomic E-state index is 0.618. The van der Waals surface area contributed by atoms with Crippen LogP contribution in [0.3, 0.4) is 0 Å². The van der Waals surface area contributed by atoms with Crippen LogP contribution in [0.5, 0.6) is 0 Å². The fourth-order valence-corrected chi connectivity index (χ4v) is 2.94. The van der Waals surface area contributed by atoms with Gasteiger partial charge in [-0.2, -0.15) is 0 Å². The molecule has 0 spiro atoms. The Hall–Kier alpha value is 0.620. The van der Waals surface area contributed by atoms with Crippen LogP contribution >= 0.6 is 22.5 Å². The summed E-state index contributed by atoms with van der Waals surface area (Å²) in [4.78, 5) is 0. The maximum atomic E-state index is 4.12. The van der Waals surface area contributed by atoms with Crippen LogP contribution in [0.2, 0.25) is 0 Å². The fraction of sp³-hybridized carbons (Fsp3) is 1.00. The first-order valence-electron chi connectivity index (χ1n) is 6.10. The molecular weight excluding hydrogens is 224 g/mol. The summed E-state index contributed by atoms with van der Waals surface area (Å²) in [6.07, 6.45) is 8.17. The molecule has 2 atom stereocenters. The zero-order chi connectivity index (χ0) is 10.9. The van der Waals surface area contributed by atoms with Crippen LogP contribution in [-0.4, -0.2) is 24.5 Å². The van der Waals surface area contributed by atoms with Crippen LogP contribution in [-0.2, 0) is 0 Å². The lowest BCUT2D eigenvalue weighted by atomic mass is 10.1. The van der Waals surface area contributed by atoms with Gasteiger partial charge in [0, 0.05) is 6.04 Å². The standard InChI is InChI=1S/C6H13N.C5H11NS2/c1-6-4-2-3-5-7-6;7-8-5-3-1-2-4-6-5/h6-7H,2-5H2,1H3;5-7H,1-4H2. The van der Waals surface area contributed by atoms with Crippen molar-refractivity contribution in [3.63, 3.8) is 0 Å². The Morgan fingerprint density at radius 2 is 1.67 bits per heavy atom. The van der Waals surface area contributed by atoms with Gasteiger partial charge in [0.2, 0.25) is 0 Å². The van der Waals surface area contributed by atoms with Crippen LogP contribution in [0, 0.1) is 0 Å². The largest absolute Gasteiger partial charge is 0.314 e. The van der Waals surface area contributed by atoms with Gasteiger partial charge in [0.05, 0.1) is 5.37 Å². The minimum atomic E-state index is 0.618. The second-order valence-electron chi connectivity index (χ2n) is 4.39. The quantitative estimate of drug-likeness (QED) is 0.491. The van der Waals surface area contributed by atoms with E-state index in [1.165, 1.54) is 51.6 Å². The fourth-order valence-electron chi connectivity index (χ4n) is 1.94. The van der Waals surface area contributed by atoms with E-state index in [1.54, 1.807) is 10.8 Å². The maximum absolute atomic E-state index is 4.12. The van der Waals surface area contributed by atoms with Gasteiger partial charge in [0.15, 0.2) is 0 Å². The molecule has 2 heterocycles. The van der Waals surface area contributed by atoms with Gasteiger partial charge in [-0.05, 0) is 52.1 Å². The summed E-state index contributed by atoms with van der Waals surface area (Å²) in [5.41, 5.74) is 0. The molecule has 2 saturated heterocycles. The molecule has 4 heteroatoms. The molecule has 90 valence electrons. The van der Waals surface area contributed by atoms with E-state index in [-0.39, 0.29) is 0 Å². The number of thiol groups is 1. The summed E-state index contributed by atoms with van der Waals surface area (Å²) in [6.45, 7) is 4.67. The number of hydrogen-bond donors (Lipinski definition) is 3. The summed E-state index contributed by atoms with van der Waals surface area (Å²) in [7, 11) is 1.63. The highest BCUT2D eigenvalue weighted by molar-refractivity contribution is 8.68. The monoisotopic (exact) mass is 248 g/mol. The number of rotatable bonds is 1. The van der Waals surface area contributed by atoms with Gasteiger partial charge >= 0.3 is 0 Å². The Morgan fingerprint density at radius 1 is 1.00 bits per heavy atom. The zero-order valence-corrected chi connectivity index (χ0v) is 11.4. The molecule has 0 aliphatic carbocycles. The lowest BCUT2D eigenvalue weighted by molar-refractivity contribution is 0.425. The highest BCUT2D eigenvalue weighted by atomic mass is 33.1. The van der Waals surface area contributed by atoms with E-state index in [9.17, 15) is 0 Å². The van der Waals surface area contributed by atoms with Gasteiger partial charge in [-0.15, -0.1) is 11.7 Å². The van der Waals surface area contributed by atoms with Crippen LogP contribution < -0.4 is 10.6 Å². The molecule has 0 amide bonds. The minimum Gasteiger partial charge on any atom is -0.314 e. The predicted octanol–water partition coefficient (Wildman–Crippen LogP) is 2.81. The highest BCUT2D eigenvalue weighted by Crippen LogP contribution is 2.20. The van der Waals surface area contributed by atoms with Crippen LogP contribution in [0.25, 0.3) is 0 Å². The third-order valence-corrected chi connectivity index (χ3v) is 4.37. The highest BCUT2D eigenvalue weighted by Gasteiger charge is 2.09. The summed E-state index contributed by atoms with van der Waals surface area (Å²) in [6, 6.07) is 0.786. The first kappa shape index (κ1) is 13.7. The van der Waals surface area contributed by atoms with Gasteiger partial charge in [-0.1, -0.05) is 17.2 Å². The molecule has 2 N–H and O–H groups in total. The topological polar surface area (TPSA) is 24.1 Å². The first-order chi connectivity index (χ1) is 7.33. The molecule has 15 heavy (non-hydrogen) atoms. The maximum Gasteiger partial charge on any atom is 0.0634 e. The van der Waals surface area contributed by atoms with Crippen molar-refractivity contribution in [2.75, 3.05) is 13.1 Å². The molecule has 0 saturated carbocycles. The lowest BCUT2D eigenvalue weighted by Gasteiger charge is -2.19. The van der Waals surface area contributed by atoms with Crippen molar-refractivity contribution in [2.45, 2.75) is 56.9 Å². The van der Waals surface area contributed by atoms with Gasteiger partial charge in [-0.3, -0.25) is 0 Å². The van der Waals surface area contributed by atoms with E-state index in [2.05, 4.69) is 29.2 Å². The summed E-state index contributed by atoms with van der Waals surface area (Å²) in [5, 5.41) is 7.35. The molecule has 0 aromatic rings.